The zero-order valence-electron chi connectivity index (χ0n) is 10.1. The van der Waals surface area contributed by atoms with Gasteiger partial charge in [0, 0.05) is 24.2 Å². The fourth-order valence-electron chi connectivity index (χ4n) is 2.58. The summed E-state index contributed by atoms with van der Waals surface area (Å²) in [5, 5.41) is 0. The number of hydrogen-bond acceptors (Lipinski definition) is 1. The van der Waals surface area contributed by atoms with Crippen LogP contribution in [0, 0.1) is 12.3 Å². The molecule has 0 saturated carbocycles. The van der Waals surface area contributed by atoms with E-state index in [1.54, 1.807) is 0 Å². The quantitative estimate of drug-likeness (QED) is 0.725. The van der Waals surface area contributed by atoms with Crippen molar-refractivity contribution in [2.24, 2.45) is 5.41 Å². The highest BCUT2D eigenvalue weighted by molar-refractivity contribution is 5.50. The number of aryl methyl sites for hydroxylation is 1. The van der Waals surface area contributed by atoms with Gasteiger partial charge in [0.1, 0.15) is 0 Å². The van der Waals surface area contributed by atoms with Crippen molar-refractivity contribution >= 4 is 5.69 Å². The Morgan fingerprint density at radius 3 is 2.33 bits per heavy atom. The van der Waals surface area contributed by atoms with Crippen LogP contribution in [0.15, 0.2) is 24.3 Å². The van der Waals surface area contributed by atoms with Crippen LogP contribution < -0.4 is 4.90 Å². The molecule has 1 aromatic carbocycles. The number of rotatable bonds is 3. The first-order valence-corrected chi connectivity index (χ1v) is 5.95. The lowest BCUT2D eigenvalue weighted by molar-refractivity contribution is 0.221. The molecule has 0 radical (unpaired) electrons. The van der Waals surface area contributed by atoms with Crippen LogP contribution in [0.1, 0.15) is 32.3 Å². The Labute approximate surface area is 93.1 Å². The SMILES string of the molecule is CCCC1(C)CN(c2ccc(C)cc2)C1. The molecule has 1 nitrogen and oxygen atoms in total. The third-order valence-corrected chi connectivity index (χ3v) is 3.40. The van der Waals surface area contributed by atoms with Crippen molar-refractivity contribution < 1.29 is 0 Å². The molecule has 1 aliphatic heterocycles. The van der Waals surface area contributed by atoms with E-state index in [9.17, 15) is 0 Å². The summed E-state index contributed by atoms with van der Waals surface area (Å²) in [5.74, 6) is 0. The second-order valence-electron chi connectivity index (χ2n) is 5.25. The van der Waals surface area contributed by atoms with E-state index in [4.69, 9.17) is 0 Å². The van der Waals surface area contributed by atoms with E-state index in [1.165, 1.54) is 37.2 Å². The maximum Gasteiger partial charge on any atom is 0.0366 e. The molecular formula is C14H21N. The summed E-state index contributed by atoms with van der Waals surface area (Å²) >= 11 is 0. The topological polar surface area (TPSA) is 3.24 Å². The van der Waals surface area contributed by atoms with E-state index in [2.05, 4.69) is 49.9 Å². The lowest BCUT2D eigenvalue weighted by Gasteiger charge is -2.49. The molecule has 1 aliphatic rings. The molecule has 1 fully saturated rings. The van der Waals surface area contributed by atoms with Gasteiger partial charge in [0.25, 0.3) is 0 Å². The molecule has 0 spiro atoms. The summed E-state index contributed by atoms with van der Waals surface area (Å²) in [6, 6.07) is 8.87. The fraction of sp³-hybridized carbons (Fsp3) is 0.571. The molecule has 2 rings (SSSR count). The highest BCUT2D eigenvalue weighted by Crippen LogP contribution is 2.37. The average Bonchev–Trinajstić information content (AvgIpc) is 2.16. The van der Waals surface area contributed by atoms with Crippen LogP contribution in [0.2, 0.25) is 0 Å². The highest BCUT2D eigenvalue weighted by Gasteiger charge is 2.37. The molecule has 1 aromatic rings. The summed E-state index contributed by atoms with van der Waals surface area (Å²) in [6.07, 6.45) is 2.66. The molecule has 0 unspecified atom stereocenters. The zero-order chi connectivity index (χ0) is 10.9. The molecule has 1 heteroatoms. The Hall–Kier alpha value is -0.980. The summed E-state index contributed by atoms with van der Waals surface area (Å²) < 4.78 is 0. The van der Waals surface area contributed by atoms with Gasteiger partial charge >= 0.3 is 0 Å². The van der Waals surface area contributed by atoms with Crippen LogP contribution in [0.5, 0.6) is 0 Å². The predicted octanol–water partition coefficient (Wildman–Crippen LogP) is 3.62. The molecule has 15 heavy (non-hydrogen) atoms. The Kier molecular flexibility index (Phi) is 2.72. The van der Waals surface area contributed by atoms with Crippen molar-refractivity contribution in [3.05, 3.63) is 29.8 Å². The van der Waals surface area contributed by atoms with E-state index in [-0.39, 0.29) is 0 Å². The standard InChI is InChI=1S/C14H21N/c1-4-9-14(3)10-15(11-14)13-7-5-12(2)6-8-13/h5-8H,4,9-11H2,1-3H3. The lowest BCUT2D eigenvalue weighted by atomic mass is 9.78. The smallest absolute Gasteiger partial charge is 0.0366 e. The van der Waals surface area contributed by atoms with E-state index in [0.29, 0.717) is 5.41 Å². The number of anilines is 1. The van der Waals surface area contributed by atoms with Crippen molar-refractivity contribution in [1.82, 2.24) is 0 Å². The molecule has 0 bridgehead atoms. The van der Waals surface area contributed by atoms with Crippen LogP contribution in [0.4, 0.5) is 5.69 Å². The van der Waals surface area contributed by atoms with Crippen LogP contribution >= 0.6 is 0 Å². The van der Waals surface area contributed by atoms with Gasteiger partial charge in [-0.2, -0.15) is 0 Å². The van der Waals surface area contributed by atoms with Gasteiger partial charge in [-0.1, -0.05) is 38.0 Å². The minimum atomic E-state index is 0.569. The van der Waals surface area contributed by atoms with Crippen molar-refractivity contribution in [2.75, 3.05) is 18.0 Å². The van der Waals surface area contributed by atoms with Gasteiger partial charge in [0.2, 0.25) is 0 Å². The third-order valence-electron chi connectivity index (χ3n) is 3.40. The monoisotopic (exact) mass is 203 g/mol. The Morgan fingerprint density at radius 1 is 1.20 bits per heavy atom. The normalized spacial score (nSPS) is 18.7. The van der Waals surface area contributed by atoms with Crippen molar-refractivity contribution in [3.63, 3.8) is 0 Å². The molecule has 82 valence electrons. The first kappa shape index (κ1) is 10.5. The van der Waals surface area contributed by atoms with Crippen molar-refractivity contribution in [1.29, 1.82) is 0 Å². The van der Waals surface area contributed by atoms with E-state index in [1.807, 2.05) is 0 Å². The van der Waals surface area contributed by atoms with Crippen LogP contribution in [0.3, 0.4) is 0 Å². The van der Waals surface area contributed by atoms with Gasteiger partial charge < -0.3 is 4.90 Å². The molecule has 1 heterocycles. The fourth-order valence-corrected chi connectivity index (χ4v) is 2.58. The number of nitrogens with zero attached hydrogens (tertiary/aromatic N) is 1. The van der Waals surface area contributed by atoms with Gasteiger partial charge in [0.05, 0.1) is 0 Å². The Morgan fingerprint density at radius 2 is 1.80 bits per heavy atom. The molecule has 1 saturated heterocycles. The molecule has 0 aromatic heterocycles. The minimum absolute atomic E-state index is 0.569. The van der Waals surface area contributed by atoms with Gasteiger partial charge in [-0.15, -0.1) is 0 Å². The summed E-state index contributed by atoms with van der Waals surface area (Å²) in [5.41, 5.74) is 3.30. The summed E-state index contributed by atoms with van der Waals surface area (Å²) in [7, 11) is 0. The van der Waals surface area contributed by atoms with Crippen molar-refractivity contribution in [3.8, 4) is 0 Å². The maximum absolute atomic E-state index is 2.48. The molecule has 0 atom stereocenters. The minimum Gasteiger partial charge on any atom is -0.370 e. The first-order valence-electron chi connectivity index (χ1n) is 5.95. The van der Waals surface area contributed by atoms with Gasteiger partial charge in [-0.05, 0) is 25.5 Å². The summed E-state index contributed by atoms with van der Waals surface area (Å²) in [4.78, 5) is 2.48. The number of hydrogen-bond donors (Lipinski definition) is 0. The molecular weight excluding hydrogens is 182 g/mol. The summed E-state index contributed by atoms with van der Waals surface area (Å²) in [6.45, 7) is 9.27. The first-order chi connectivity index (χ1) is 7.13. The molecule has 0 aliphatic carbocycles. The lowest BCUT2D eigenvalue weighted by Crippen LogP contribution is -2.54. The van der Waals surface area contributed by atoms with E-state index in [0.717, 1.165) is 0 Å². The number of benzene rings is 1. The van der Waals surface area contributed by atoms with Crippen LogP contribution in [-0.2, 0) is 0 Å². The van der Waals surface area contributed by atoms with E-state index >= 15 is 0 Å². The molecule has 0 N–H and O–H groups in total. The largest absolute Gasteiger partial charge is 0.370 e. The van der Waals surface area contributed by atoms with Crippen molar-refractivity contribution in [2.45, 2.75) is 33.6 Å². The van der Waals surface area contributed by atoms with Crippen LogP contribution in [0.25, 0.3) is 0 Å². The average molecular weight is 203 g/mol. The Bertz CT molecular complexity index is 320. The molecule has 0 amide bonds. The van der Waals surface area contributed by atoms with E-state index < -0.39 is 0 Å². The highest BCUT2D eigenvalue weighted by atomic mass is 15.2. The predicted molar refractivity (Wildman–Crippen MR) is 66.4 cm³/mol. The van der Waals surface area contributed by atoms with Gasteiger partial charge in [-0.25, -0.2) is 0 Å². The third kappa shape index (κ3) is 2.17. The second kappa shape index (κ2) is 3.88. The Balaban J connectivity index is 1.97. The van der Waals surface area contributed by atoms with Gasteiger partial charge in [0.15, 0.2) is 0 Å². The van der Waals surface area contributed by atoms with Gasteiger partial charge in [-0.3, -0.25) is 0 Å². The zero-order valence-corrected chi connectivity index (χ0v) is 10.1. The maximum atomic E-state index is 2.48. The van der Waals surface area contributed by atoms with Crippen LogP contribution in [-0.4, -0.2) is 13.1 Å². The second-order valence-corrected chi connectivity index (χ2v) is 5.25.